The monoisotopic (exact) mass is 523 g/mol. The van der Waals surface area contributed by atoms with Crippen molar-refractivity contribution in [1.29, 1.82) is 0 Å². The zero-order valence-electron chi connectivity index (χ0n) is 18.4. The lowest BCUT2D eigenvalue weighted by Gasteiger charge is -2.38. The van der Waals surface area contributed by atoms with E-state index in [2.05, 4.69) is 69.4 Å². The predicted octanol–water partition coefficient (Wildman–Crippen LogP) is 6.80. The van der Waals surface area contributed by atoms with Gasteiger partial charge in [-0.05, 0) is 71.9 Å². The van der Waals surface area contributed by atoms with Crippen LogP contribution in [0.5, 0.6) is 5.75 Å². The molecule has 1 N–H and O–H groups in total. The molecule has 0 aliphatic carbocycles. The Hall–Kier alpha value is -2.11. The molecule has 1 saturated heterocycles. The summed E-state index contributed by atoms with van der Waals surface area (Å²) in [5.74, 6) is 0.915. The minimum atomic E-state index is -0.760. The molecule has 0 aromatic heterocycles. The number of halogens is 2. The third-order valence-electron chi connectivity index (χ3n) is 6.78. The van der Waals surface area contributed by atoms with E-state index in [1.807, 2.05) is 24.3 Å². The Morgan fingerprint density at radius 3 is 2.55 bits per heavy atom. The predicted molar refractivity (Wildman–Crippen MR) is 138 cm³/mol. The van der Waals surface area contributed by atoms with Gasteiger partial charge in [-0.3, -0.25) is 0 Å². The summed E-state index contributed by atoms with van der Waals surface area (Å²) in [6.45, 7) is 3.30. The molecule has 0 amide bonds. The Bertz CT molecular complexity index is 1170. The van der Waals surface area contributed by atoms with Crippen LogP contribution < -0.4 is 4.74 Å². The van der Waals surface area contributed by atoms with Gasteiger partial charge in [-0.15, -0.1) is 0 Å². The minimum Gasteiger partial charge on any atom is -0.488 e. The average Bonchev–Trinajstić information content (AvgIpc) is 2.98. The summed E-state index contributed by atoms with van der Waals surface area (Å²) in [7, 11) is 0. The first-order chi connectivity index (χ1) is 16.0. The van der Waals surface area contributed by atoms with E-state index in [0.29, 0.717) is 11.6 Å². The molecule has 0 spiro atoms. The van der Waals surface area contributed by atoms with E-state index in [1.54, 1.807) is 0 Å². The Kier molecular flexibility index (Phi) is 6.62. The van der Waals surface area contributed by atoms with Crippen LogP contribution >= 0.6 is 27.5 Å². The van der Waals surface area contributed by atoms with Crippen molar-refractivity contribution in [3.63, 3.8) is 0 Å². The Morgan fingerprint density at radius 2 is 1.76 bits per heavy atom. The number of hydrogen-bond acceptors (Lipinski definition) is 3. The maximum atomic E-state index is 11.2. The number of rotatable bonds is 4. The lowest BCUT2D eigenvalue weighted by molar-refractivity contribution is -0.0254. The highest BCUT2D eigenvalue weighted by atomic mass is 79.9. The number of aliphatic hydroxyl groups is 1. The highest BCUT2D eigenvalue weighted by molar-refractivity contribution is 9.10. The zero-order chi connectivity index (χ0) is 22.8. The standard InChI is InChI=1S/C28H27BrClNO2/c29-22-9-12-26-25(24-5-2-1-4-20(24)19-33-27(26)18-22)6-3-15-31-16-13-28(32,14-17-31)21-7-10-23(30)11-8-21/h1-2,4-12,18,32H,3,13-17,19H2/b25-6-. The summed E-state index contributed by atoms with van der Waals surface area (Å²) in [6.07, 6.45) is 4.76. The molecular formula is C28H27BrClNO2. The molecule has 0 unspecified atom stereocenters. The molecule has 2 aliphatic heterocycles. The summed E-state index contributed by atoms with van der Waals surface area (Å²) in [6, 6.07) is 22.4. The molecule has 0 atom stereocenters. The molecule has 0 bridgehead atoms. The molecule has 1 fully saturated rings. The van der Waals surface area contributed by atoms with Crippen molar-refractivity contribution in [2.24, 2.45) is 0 Å². The maximum Gasteiger partial charge on any atom is 0.128 e. The first-order valence-corrected chi connectivity index (χ1v) is 12.6. The van der Waals surface area contributed by atoms with E-state index in [1.165, 1.54) is 16.7 Å². The summed E-state index contributed by atoms with van der Waals surface area (Å²) in [5.41, 5.74) is 5.03. The number of hydrogen-bond donors (Lipinski definition) is 1. The van der Waals surface area contributed by atoms with Crippen LogP contribution in [0.25, 0.3) is 5.57 Å². The van der Waals surface area contributed by atoms with E-state index in [4.69, 9.17) is 16.3 Å². The topological polar surface area (TPSA) is 32.7 Å². The highest BCUT2D eigenvalue weighted by Crippen LogP contribution is 2.38. The molecule has 170 valence electrons. The third kappa shape index (κ3) is 4.90. The van der Waals surface area contributed by atoms with Crippen LogP contribution in [0.2, 0.25) is 5.02 Å². The van der Waals surface area contributed by atoms with Crippen molar-refractivity contribution in [2.45, 2.75) is 31.5 Å². The van der Waals surface area contributed by atoms with Crippen LogP contribution in [-0.4, -0.2) is 29.6 Å². The molecule has 5 rings (SSSR count). The van der Waals surface area contributed by atoms with Gasteiger partial charge in [0.05, 0.1) is 5.60 Å². The van der Waals surface area contributed by atoms with Crippen LogP contribution in [0.15, 0.2) is 77.3 Å². The second-order valence-corrected chi connectivity index (χ2v) is 10.2. The Morgan fingerprint density at radius 1 is 1.00 bits per heavy atom. The normalized spacial score (nSPS) is 18.8. The summed E-state index contributed by atoms with van der Waals surface area (Å²) >= 11 is 9.59. The van der Waals surface area contributed by atoms with E-state index in [-0.39, 0.29) is 0 Å². The minimum absolute atomic E-state index is 0.576. The van der Waals surface area contributed by atoms with Gasteiger partial charge >= 0.3 is 0 Å². The molecule has 2 aliphatic rings. The fourth-order valence-electron chi connectivity index (χ4n) is 4.85. The number of likely N-dealkylation sites (tertiary alicyclic amines) is 1. The molecular weight excluding hydrogens is 498 g/mol. The van der Waals surface area contributed by atoms with E-state index >= 15 is 0 Å². The van der Waals surface area contributed by atoms with Crippen LogP contribution in [-0.2, 0) is 12.2 Å². The average molecular weight is 525 g/mol. The Labute approximate surface area is 208 Å². The smallest absolute Gasteiger partial charge is 0.128 e. The van der Waals surface area contributed by atoms with Crippen molar-refractivity contribution in [1.82, 2.24) is 4.90 Å². The molecule has 3 aromatic carbocycles. The molecule has 3 nitrogen and oxygen atoms in total. The van der Waals surface area contributed by atoms with E-state index < -0.39 is 5.60 Å². The zero-order valence-corrected chi connectivity index (χ0v) is 20.8. The van der Waals surface area contributed by atoms with Gasteiger partial charge in [0, 0.05) is 34.7 Å². The lowest BCUT2D eigenvalue weighted by atomic mass is 9.84. The first-order valence-electron chi connectivity index (χ1n) is 11.4. The van der Waals surface area contributed by atoms with Crippen LogP contribution in [0, 0.1) is 0 Å². The van der Waals surface area contributed by atoms with Crippen LogP contribution in [0.4, 0.5) is 0 Å². The van der Waals surface area contributed by atoms with Gasteiger partial charge in [-0.25, -0.2) is 0 Å². The van der Waals surface area contributed by atoms with Crippen molar-refractivity contribution in [2.75, 3.05) is 19.6 Å². The van der Waals surface area contributed by atoms with Crippen molar-refractivity contribution < 1.29 is 9.84 Å². The van der Waals surface area contributed by atoms with Crippen molar-refractivity contribution >= 4 is 33.1 Å². The SMILES string of the molecule is OC1(c2ccc(Cl)cc2)CCN(CC/C=C2/c3ccccc3COc3cc(Br)ccc32)CC1. The van der Waals surface area contributed by atoms with Gasteiger partial charge in [0.1, 0.15) is 12.4 Å². The van der Waals surface area contributed by atoms with Crippen LogP contribution in [0.1, 0.15) is 41.5 Å². The molecule has 0 radical (unpaired) electrons. The summed E-state index contributed by atoms with van der Waals surface area (Å²) < 4.78 is 7.16. The molecule has 0 saturated carbocycles. The van der Waals surface area contributed by atoms with Crippen molar-refractivity contribution in [3.05, 3.63) is 105 Å². The quantitative estimate of drug-likeness (QED) is 0.407. The third-order valence-corrected chi connectivity index (χ3v) is 7.53. The van der Waals surface area contributed by atoms with Gasteiger partial charge < -0.3 is 14.7 Å². The lowest BCUT2D eigenvalue weighted by Crippen LogP contribution is -2.42. The summed E-state index contributed by atoms with van der Waals surface area (Å²) in [5, 5.41) is 11.9. The maximum absolute atomic E-state index is 11.2. The largest absolute Gasteiger partial charge is 0.488 e. The van der Waals surface area contributed by atoms with Gasteiger partial charge in [0.2, 0.25) is 0 Å². The van der Waals surface area contributed by atoms with Gasteiger partial charge in [-0.1, -0.05) is 70.0 Å². The number of piperidine rings is 1. The molecule has 5 heteroatoms. The molecule has 3 aromatic rings. The fraction of sp³-hybridized carbons (Fsp3) is 0.286. The van der Waals surface area contributed by atoms with Gasteiger partial charge in [-0.2, -0.15) is 0 Å². The van der Waals surface area contributed by atoms with Gasteiger partial charge in [0.25, 0.3) is 0 Å². The Balaban J connectivity index is 1.30. The second kappa shape index (κ2) is 9.63. The second-order valence-electron chi connectivity index (χ2n) is 8.87. The molecule has 33 heavy (non-hydrogen) atoms. The molecule has 2 heterocycles. The number of ether oxygens (including phenoxy) is 1. The fourth-order valence-corrected chi connectivity index (χ4v) is 5.32. The first kappa shape index (κ1) is 22.7. The van der Waals surface area contributed by atoms with Crippen LogP contribution in [0.3, 0.4) is 0 Å². The number of benzene rings is 3. The van der Waals surface area contributed by atoms with E-state index in [9.17, 15) is 5.11 Å². The number of fused-ring (bicyclic) bond motifs is 2. The highest BCUT2D eigenvalue weighted by Gasteiger charge is 2.33. The summed E-state index contributed by atoms with van der Waals surface area (Å²) in [4.78, 5) is 2.45. The van der Waals surface area contributed by atoms with Gasteiger partial charge in [0.15, 0.2) is 0 Å². The van der Waals surface area contributed by atoms with Crippen molar-refractivity contribution in [3.8, 4) is 5.75 Å². The van der Waals surface area contributed by atoms with E-state index in [0.717, 1.165) is 60.2 Å². The number of nitrogens with zero attached hydrogens (tertiary/aromatic N) is 1.